The number of carbonyl (C=O) groups excluding carboxylic acids is 1. The van der Waals surface area contributed by atoms with Gasteiger partial charge >= 0.3 is 0 Å². The Hall–Kier alpha value is -0.233. The molecule has 0 aromatic rings. The first kappa shape index (κ1) is 13.2. The summed E-state index contributed by atoms with van der Waals surface area (Å²) in [7, 11) is -1.27. The van der Waals surface area contributed by atoms with Crippen LogP contribution in [0.25, 0.3) is 0 Å². The maximum Gasteiger partial charge on any atom is 0.212 e. The highest BCUT2D eigenvalue weighted by molar-refractivity contribution is 6.76. The Morgan fingerprint density at radius 1 is 1.47 bits per heavy atom. The average molecular weight is 258 g/mol. The van der Waals surface area contributed by atoms with Crippen molar-refractivity contribution in [3.8, 4) is 0 Å². The maximum atomic E-state index is 12.0. The second-order valence-corrected chi connectivity index (χ2v) is 12.3. The van der Waals surface area contributed by atoms with Gasteiger partial charge in [0.2, 0.25) is 5.79 Å². The molecule has 1 N–H and O–H groups in total. The van der Waals surface area contributed by atoms with Gasteiger partial charge in [-0.2, -0.15) is 4.89 Å². The van der Waals surface area contributed by atoms with Crippen molar-refractivity contribution in [2.75, 3.05) is 0 Å². The third kappa shape index (κ3) is 2.21. The molecule has 17 heavy (non-hydrogen) atoms. The molecule has 0 aromatic carbocycles. The molecule has 5 heteroatoms. The van der Waals surface area contributed by atoms with Gasteiger partial charge in [0.1, 0.15) is 5.78 Å². The van der Waals surface area contributed by atoms with Gasteiger partial charge in [-0.1, -0.05) is 19.6 Å². The molecule has 2 rings (SSSR count). The first-order valence-corrected chi connectivity index (χ1v) is 9.97. The minimum absolute atomic E-state index is 0.0611. The summed E-state index contributed by atoms with van der Waals surface area (Å²) >= 11 is 0. The van der Waals surface area contributed by atoms with Crippen LogP contribution in [0, 0.1) is 5.41 Å². The molecule has 0 radical (unpaired) electrons. The van der Waals surface area contributed by atoms with Crippen molar-refractivity contribution in [2.45, 2.75) is 63.8 Å². The Bertz CT molecular complexity index is 338. The number of rotatable bonds is 2. The molecule has 1 saturated carbocycles. The van der Waals surface area contributed by atoms with Crippen molar-refractivity contribution < 1.29 is 19.7 Å². The standard InChI is InChI=1S/C12H22O4Si/c1-11-7-9(8-17(2,3)4)15-16-12(11,14)6-5-10(11)13/h9,14H,5-8H2,1-4H3/t9-,11-,12+/m1/s1. The van der Waals surface area contributed by atoms with E-state index in [1.807, 2.05) is 6.92 Å². The highest BCUT2D eigenvalue weighted by Gasteiger charge is 2.62. The largest absolute Gasteiger partial charge is 0.362 e. The number of ketones is 1. The number of fused-ring (bicyclic) bond motifs is 1. The fourth-order valence-electron chi connectivity index (χ4n) is 2.89. The normalized spacial score (nSPS) is 42.6. The third-order valence-corrected chi connectivity index (χ3v) is 5.65. The van der Waals surface area contributed by atoms with E-state index < -0.39 is 19.3 Å². The van der Waals surface area contributed by atoms with E-state index in [0.29, 0.717) is 19.3 Å². The van der Waals surface area contributed by atoms with E-state index in [1.165, 1.54) is 0 Å². The van der Waals surface area contributed by atoms with Crippen molar-refractivity contribution in [1.29, 1.82) is 0 Å². The minimum atomic E-state index is -1.40. The lowest BCUT2D eigenvalue weighted by Crippen LogP contribution is -2.54. The van der Waals surface area contributed by atoms with Gasteiger partial charge in [0, 0.05) is 20.9 Å². The number of hydrogen-bond donors (Lipinski definition) is 1. The topological polar surface area (TPSA) is 55.8 Å². The number of Topliss-reactive ketones (excluding diaryl/α,β-unsaturated/α-hetero) is 1. The Balaban J connectivity index is 2.14. The Morgan fingerprint density at radius 3 is 2.71 bits per heavy atom. The lowest BCUT2D eigenvalue weighted by atomic mass is 9.77. The van der Waals surface area contributed by atoms with Crippen LogP contribution in [0.5, 0.6) is 0 Å². The number of carbonyl (C=O) groups is 1. The van der Waals surface area contributed by atoms with E-state index in [0.717, 1.165) is 6.04 Å². The Labute approximate surface area is 103 Å². The highest BCUT2D eigenvalue weighted by Crippen LogP contribution is 2.51. The first-order chi connectivity index (χ1) is 7.66. The summed E-state index contributed by atoms with van der Waals surface area (Å²) in [6.45, 7) is 8.59. The van der Waals surface area contributed by atoms with E-state index in [1.54, 1.807) is 0 Å². The number of hydrogen-bond acceptors (Lipinski definition) is 4. The predicted octanol–water partition coefficient (Wildman–Crippen LogP) is 2.10. The predicted molar refractivity (Wildman–Crippen MR) is 66.0 cm³/mol. The molecule has 0 spiro atoms. The zero-order chi connectivity index (χ0) is 12.9. The fraction of sp³-hybridized carbons (Fsp3) is 0.917. The third-order valence-electron chi connectivity index (χ3n) is 3.97. The van der Waals surface area contributed by atoms with E-state index in [4.69, 9.17) is 9.78 Å². The molecule has 3 atom stereocenters. The minimum Gasteiger partial charge on any atom is -0.362 e. The van der Waals surface area contributed by atoms with Gasteiger partial charge < -0.3 is 5.11 Å². The molecular formula is C12H22O4Si. The lowest BCUT2D eigenvalue weighted by Gasteiger charge is -2.44. The molecule has 4 nitrogen and oxygen atoms in total. The van der Waals surface area contributed by atoms with Gasteiger partial charge in [0.15, 0.2) is 0 Å². The van der Waals surface area contributed by atoms with Gasteiger partial charge in [-0.15, -0.1) is 0 Å². The zero-order valence-corrected chi connectivity index (χ0v) is 12.1. The highest BCUT2D eigenvalue weighted by atomic mass is 28.3. The van der Waals surface area contributed by atoms with Crippen molar-refractivity contribution in [3.05, 3.63) is 0 Å². The van der Waals surface area contributed by atoms with Gasteiger partial charge in [0.25, 0.3) is 0 Å². The van der Waals surface area contributed by atoms with Crippen LogP contribution < -0.4 is 0 Å². The molecule has 2 aliphatic rings. The fourth-order valence-corrected chi connectivity index (χ4v) is 4.46. The van der Waals surface area contributed by atoms with Crippen LogP contribution in [-0.4, -0.2) is 30.9 Å². The Kier molecular flexibility index (Phi) is 3.01. The van der Waals surface area contributed by atoms with Crippen LogP contribution in [0.3, 0.4) is 0 Å². The van der Waals surface area contributed by atoms with Gasteiger partial charge in [-0.3, -0.25) is 4.79 Å². The zero-order valence-electron chi connectivity index (χ0n) is 11.1. The second kappa shape index (κ2) is 3.88. The summed E-state index contributed by atoms with van der Waals surface area (Å²) in [6, 6.07) is 0.950. The second-order valence-electron chi connectivity index (χ2n) is 6.81. The molecule has 0 aromatic heterocycles. The Morgan fingerprint density at radius 2 is 2.12 bits per heavy atom. The molecule has 1 aliphatic carbocycles. The maximum absolute atomic E-state index is 12.0. The molecule has 1 heterocycles. The molecule has 0 bridgehead atoms. The van der Waals surface area contributed by atoms with Crippen molar-refractivity contribution in [2.24, 2.45) is 5.41 Å². The van der Waals surface area contributed by atoms with E-state index in [9.17, 15) is 9.90 Å². The summed E-state index contributed by atoms with van der Waals surface area (Å²) in [6.07, 6.45) is 1.25. The van der Waals surface area contributed by atoms with E-state index in [2.05, 4.69) is 19.6 Å². The molecule has 0 unspecified atom stereocenters. The molecule has 0 amide bonds. The van der Waals surface area contributed by atoms with E-state index >= 15 is 0 Å². The molecule has 1 saturated heterocycles. The van der Waals surface area contributed by atoms with Crippen LogP contribution in [0.1, 0.15) is 26.2 Å². The summed E-state index contributed by atoms with van der Waals surface area (Å²) in [5.41, 5.74) is -0.782. The summed E-state index contributed by atoms with van der Waals surface area (Å²) in [5, 5.41) is 10.3. The van der Waals surface area contributed by atoms with Crippen molar-refractivity contribution in [3.63, 3.8) is 0 Å². The number of aliphatic hydroxyl groups is 1. The van der Waals surface area contributed by atoms with Crippen molar-refractivity contribution in [1.82, 2.24) is 0 Å². The van der Waals surface area contributed by atoms with Crippen LogP contribution in [0.4, 0.5) is 0 Å². The molecule has 98 valence electrons. The average Bonchev–Trinajstić information content (AvgIpc) is 2.39. The summed E-state index contributed by atoms with van der Waals surface area (Å²) in [5.74, 6) is -1.30. The van der Waals surface area contributed by atoms with Gasteiger partial charge in [0.05, 0.1) is 11.5 Å². The van der Waals surface area contributed by atoms with Gasteiger partial charge in [-0.25, -0.2) is 4.89 Å². The summed E-state index contributed by atoms with van der Waals surface area (Å²) in [4.78, 5) is 22.5. The molecular weight excluding hydrogens is 236 g/mol. The van der Waals surface area contributed by atoms with Crippen LogP contribution >= 0.6 is 0 Å². The monoisotopic (exact) mass is 258 g/mol. The van der Waals surface area contributed by atoms with Crippen molar-refractivity contribution >= 4 is 13.9 Å². The van der Waals surface area contributed by atoms with E-state index in [-0.39, 0.29) is 11.9 Å². The van der Waals surface area contributed by atoms with Crippen LogP contribution in [0.15, 0.2) is 0 Å². The van der Waals surface area contributed by atoms with Crippen LogP contribution in [-0.2, 0) is 14.6 Å². The SMILES string of the molecule is C[C@]12C[C@H](C[Si](C)(C)C)OO[C@@]1(O)CCC2=O. The van der Waals surface area contributed by atoms with Crippen LogP contribution in [0.2, 0.25) is 25.7 Å². The first-order valence-electron chi connectivity index (χ1n) is 6.26. The van der Waals surface area contributed by atoms with Gasteiger partial charge in [-0.05, 0) is 19.4 Å². The quantitative estimate of drug-likeness (QED) is 0.609. The lowest BCUT2D eigenvalue weighted by molar-refractivity contribution is -0.480. The molecule has 2 fully saturated rings. The molecule has 1 aliphatic heterocycles. The smallest absolute Gasteiger partial charge is 0.212 e. The summed E-state index contributed by atoms with van der Waals surface area (Å²) < 4.78 is 0.